The average Bonchev–Trinajstić information content (AvgIpc) is 3.13. The lowest BCUT2D eigenvalue weighted by Gasteiger charge is -2.19. The number of fused-ring (bicyclic) bond motifs is 1. The van der Waals surface area contributed by atoms with Crippen LogP contribution >= 0.6 is 23.5 Å². The van der Waals surface area contributed by atoms with Gasteiger partial charge >= 0.3 is 23.5 Å². The Bertz CT molecular complexity index is 1100. The number of hydrogen-bond acceptors (Lipinski definition) is 13. The van der Waals surface area contributed by atoms with Crippen LogP contribution in [0.4, 0.5) is 5.82 Å². The van der Waals surface area contributed by atoms with Crippen molar-refractivity contribution in [3.05, 3.63) is 12.7 Å². The molecule has 0 amide bonds. The van der Waals surface area contributed by atoms with Crippen LogP contribution in [0, 0.1) is 0 Å². The fourth-order valence-electron chi connectivity index (χ4n) is 2.62. The molecule has 1 aliphatic rings. The number of anilines is 1. The van der Waals surface area contributed by atoms with Crippen LogP contribution in [0.25, 0.3) is 11.2 Å². The molecule has 18 nitrogen and oxygen atoms in total. The number of hydrogen-bond donors (Lipinski definition) is 7. The summed E-state index contributed by atoms with van der Waals surface area (Å²) in [5.74, 6) is 0.0426. The van der Waals surface area contributed by atoms with Gasteiger partial charge in [0.1, 0.15) is 30.2 Å². The molecule has 6 atom stereocenters. The van der Waals surface area contributed by atoms with Gasteiger partial charge in [0.25, 0.3) is 0 Å². The van der Waals surface area contributed by atoms with Crippen molar-refractivity contribution < 1.29 is 61.4 Å². The summed E-state index contributed by atoms with van der Waals surface area (Å²) in [5.41, 5.74) is 6.00. The van der Waals surface area contributed by atoms with Crippen LogP contribution in [0.2, 0.25) is 0 Å². The Morgan fingerprint density at radius 3 is 2.35 bits per heavy atom. The van der Waals surface area contributed by atoms with E-state index in [9.17, 15) is 28.8 Å². The summed E-state index contributed by atoms with van der Waals surface area (Å²) in [4.78, 5) is 47.2. The summed E-state index contributed by atoms with van der Waals surface area (Å²) in [6, 6.07) is 0. The van der Waals surface area contributed by atoms with E-state index in [1.165, 1.54) is 10.9 Å². The number of imidazole rings is 1. The third kappa shape index (κ3) is 5.71. The molecule has 0 bridgehead atoms. The minimum atomic E-state index is -5.70. The maximum absolute atomic E-state index is 11.8. The van der Waals surface area contributed by atoms with E-state index in [2.05, 4.69) is 28.1 Å². The maximum Gasteiger partial charge on any atom is 0.490 e. The number of nitrogen functional groups attached to an aromatic ring is 1. The minimum absolute atomic E-state index is 0.0426. The van der Waals surface area contributed by atoms with Gasteiger partial charge in [0.2, 0.25) is 0 Å². The topological polar surface area (TPSA) is 279 Å². The number of aliphatic hydroxyl groups is 2. The molecule has 0 aromatic carbocycles. The predicted molar refractivity (Wildman–Crippen MR) is 95.5 cm³/mol. The number of phosphoric ester groups is 1. The maximum atomic E-state index is 11.8. The Morgan fingerprint density at radius 2 is 1.71 bits per heavy atom. The second kappa shape index (κ2) is 8.53. The van der Waals surface area contributed by atoms with Crippen molar-refractivity contribution >= 4 is 40.4 Å². The first kappa shape index (κ1) is 24.3. The van der Waals surface area contributed by atoms with Crippen molar-refractivity contribution in [2.45, 2.75) is 24.5 Å². The lowest BCUT2D eigenvalue weighted by atomic mass is 10.1. The summed E-state index contributed by atoms with van der Waals surface area (Å²) in [5, 5.41) is 20.4. The van der Waals surface area contributed by atoms with E-state index in [0.29, 0.717) is 0 Å². The fourth-order valence-corrected chi connectivity index (χ4v) is 5.65. The van der Waals surface area contributed by atoms with E-state index in [0.717, 1.165) is 6.33 Å². The molecule has 8 N–H and O–H groups in total. The van der Waals surface area contributed by atoms with Crippen LogP contribution in [-0.2, 0) is 31.6 Å². The Morgan fingerprint density at radius 1 is 1.03 bits per heavy atom. The Hall–Kier alpha value is -1.36. The number of nitrogens with zero attached hydrogens (tertiary/aromatic N) is 4. The highest BCUT2D eigenvalue weighted by Crippen LogP contribution is 2.66. The van der Waals surface area contributed by atoms with E-state index in [1.54, 1.807) is 0 Å². The van der Waals surface area contributed by atoms with Crippen LogP contribution in [-0.4, -0.2) is 74.2 Å². The predicted octanol–water partition coefficient (Wildman–Crippen LogP) is -1.63. The SMILES string of the molecule is Nc1ncnc2c1ncn2[C@H]1O[C@@H](COP(=O)(O)OP(=O)(O)OP(=O)(O)O)[C@@H](O)[C@H]1O. The molecule has 3 rings (SSSR count). The molecule has 3 heterocycles. The van der Waals surface area contributed by atoms with Gasteiger partial charge in [-0.1, -0.05) is 0 Å². The van der Waals surface area contributed by atoms with E-state index in [4.69, 9.17) is 25.2 Å². The smallest absolute Gasteiger partial charge is 0.387 e. The number of aromatic nitrogens is 4. The van der Waals surface area contributed by atoms with Crippen molar-refractivity contribution in [3.8, 4) is 0 Å². The fraction of sp³-hybridized carbons (Fsp3) is 0.500. The summed E-state index contributed by atoms with van der Waals surface area (Å²) in [6.45, 7) is -0.956. The normalized spacial score (nSPS) is 28.5. The molecule has 0 saturated carbocycles. The van der Waals surface area contributed by atoms with Crippen molar-refractivity contribution in [2.75, 3.05) is 12.3 Å². The third-order valence-corrected chi connectivity index (χ3v) is 7.62. The minimum Gasteiger partial charge on any atom is -0.387 e. The summed E-state index contributed by atoms with van der Waals surface area (Å²) >= 11 is 0. The number of nitrogens with two attached hydrogens (primary N) is 1. The zero-order chi connectivity index (χ0) is 23.2. The molecule has 2 aromatic rings. The number of ether oxygens (including phenoxy) is 1. The largest absolute Gasteiger partial charge is 0.490 e. The summed E-state index contributed by atoms with van der Waals surface area (Å²) in [7, 11) is -16.7. The molecule has 1 saturated heterocycles. The van der Waals surface area contributed by atoms with Crippen molar-refractivity contribution in [1.29, 1.82) is 0 Å². The van der Waals surface area contributed by atoms with Gasteiger partial charge in [0.15, 0.2) is 17.7 Å². The Kier molecular flexibility index (Phi) is 6.68. The first-order valence-corrected chi connectivity index (χ1v) is 12.4. The lowest BCUT2D eigenvalue weighted by Crippen LogP contribution is -2.33. The van der Waals surface area contributed by atoms with E-state index >= 15 is 0 Å². The monoisotopic (exact) mass is 507 g/mol. The van der Waals surface area contributed by atoms with E-state index < -0.39 is 54.6 Å². The lowest BCUT2D eigenvalue weighted by molar-refractivity contribution is -0.0503. The van der Waals surface area contributed by atoms with Crippen molar-refractivity contribution in [1.82, 2.24) is 19.5 Å². The average molecular weight is 507 g/mol. The van der Waals surface area contributed by atoms with E-state index in [-0.39, 0.29) is 17.0 Å². The molecule has 2 unspecified atom stereocenters. The highest BCUT2D eigenvalue weighted by Gasteiger charge is 2.47. The first-order valence-electron chi connectivity index (χ1n) is 7.92. The van der Waals surface area contributed by atoms with Crippen LogP contribution in [0.15, 0.2) is 12.7 Å². The quantitative estimate of drug-likeness (QED) is 0.197. The van der Waals surface area contributed by atoms with Gasteiger partial charge < -0.3 is 40.3 Å². The molecule has 1 aliphatic heterocycles. The molecular weight excluding hydrogens is 491 g/mol. The van der Waals surface area contributed by atoms with Gasteiger partial charge in [-0.25, -0.2) is 28.6 Å². The number of aliphatic hydroxyl groups excluding tert-OH is 2. The van der Waals surface area contributed by atoms with Crippen molar-refractivity contribution in [3.63, 3.8) is 0 Å². The molecule has 2 aromatic heterocycles. The van der Waals surface area contributed by atoms with Gasteiger partial charge in [-0.15, -0.1) is 0 Å². The second-order valence-corrected chi connectivity index (χ2v) is 10.4. The highest BCUT2D eigenvalue weighted by molar-refractivity contribution is 7.66. The molecule has 31 heavy (non-hydrogen) atoms. The zero-order valence-electron chi connectivity index (χ0n) is 14.9. The molecule has 174 valence electrons. The van der Waals surface area contributed by atoms with Crippen LogP contribution < -0.4 is 5.73 Å². The standard InChI is InChI=1S/C10H16N5O13P3/c11-8-5-9(13-2-12-8)15(3-14-5)10-7(17)6(16)4(26-10)1-25-30(21,22)28-31(23,24)27-29(18,19)20/h2-4,6-7,10,16-17H,1H2,(H,21,22)(H,23,24)(H2,11,12,13)(H2,18,19,20)/t4-,6+,7+,10-/m0/s1. The zero-order valence-corrected chi connectivity index (χ0v) is 17.6. The molecule has 0 spiro atoms. The Labute approximate surface area is 171 Å². The van der Waals surface area contributed by atoms with Gasteiger partial charge in [-0.3, -0.25) is 9.09 Å². The third-order valence-electron chi connectivity index (χ3n) is 3.82. The van der Waals surface area contributed by atoms with Crippen LogP contribution in [0.3, 0.4) is 0 Å². The molecule has 0 radical (unpaired) electrons. The molecule has 21 heteroatoms. The van der Waals surface area contributed by atoms with Gasteiger partial charge in [0.05, 0.1) is 12.9 Å². The summed E-state index contributed by atoms with van der Waals surface area (Å²) in [6.07, 6.45) is -3.69. The van der Waals surface area contributed by atoms with Gasteiger partial charge in [-0.2, -0.15) is 8.62 Å². The molecular formula is C10H16N5O13P3. The molecule has 1 fully saturated rings. The van der Waals surface area contributed by atoms with Crippen molar-refractivity contribution in [2.24, 2.45) is 0 Å². The Balaban J connectivity index is 1.69. The number of rotatable bonds is 8. The summed E-state index contributed by atoms with van der Waals surface area (Å²) < 4.78 is 51.9. The number of phosphoric acid groups is 3. The first-order chi connectivity index (χ1) is 14.2. The van der Waals surface area contributed by atoms with E-state index in [1.807, 2.05) is 0 Å². The van der Waals surface area contributed by atoms with Gasteiger partial charge in [-0.05, 0) is 0 Å². The highest BCUT2D eigenvalue weighted by atomic mass is 31.3. The van der Waals surface area contributed by atoms with Crippen LogP contribution in [0.1, 0.15) is 6.23 Å². The van der Waals surface area contributed by atoms with Gasteiger partial charge in [0, 0.05) is 0 Å². The van der Waals surface area contributed by atoms with Crippen LogP contribution in [0.5, 0.6) is 0 Å². The second-order valence-electron chi connectivity index (χ2n) is 6.02. The molecule has 0 aliphatic carbocycles.